The lowest BCUT2D eigenvalue weighted by Gasteiger charge is -2.32. The number of hydrogen-bond donors (Lipinski definition) is 0. The standard InChI is InChI=1S/C19H24N2O2/c1-14(10-16-11-20-18(21-12-16)23-13-22)7-8-17-15(2)6-5-9-19(17,3)4/h7-8,10-13H,5-6,9H2,1-4H3. The molecule has 4 nitrogen and oxygen atoms in total. The van der Waals surface area contributed by atoms with E-state index in [1.54, 1.807) is 12.4 Å². The van der Waals surface area contributed by atoms with Gasteiger partial charge in [-0.3, -0.25) is 4.79 Å². The van der Waals surface area contributed by atoms with Crippen molar-refractivity contribution in [3.05, 3.63) is 46.8 Å². The van der Waals surface area contributed by atoms with E-state index in [9.17, 15) is 4.79 Å². The number of hydrogen-bond acceptors (Lipinski definition) is 4. The van der Waals surface area contributed by atoms with Crippen LogP contribution in [-0.4, -0.2) is 16.4 Å². The van der Waals surface area contributed by atoms with Gasteiger partial charge in [0.05, 0.1) is 0 Å². The Kier molecular flexibility index (Phi) is 5.48. The summed E-state index contributed by atoms with van der Waals surface area (Å²) in [5.41, 5.74) is 5.18. The van der Waals surface area contributed by atoms with Crippen molar-refractivity contribution in [1.29, 1.82) is 0 Å². The Balaban J connectivity index is 2.14. The van der Waals surface area contributed by atoms with Gasteiger partial charge in [0.25, 0.3) is 0 Å². The molecule has 4 heteroatoms. The maximum absolute atomic E-state index is 10.2. The average molecular weight is 312 g/mol. The molecule has 0 radical (unpaired) electrons. The molecular formula is C19H24N2O2. The van der Waals surface area contributed by atoms with Gasteiger partial charge in [0.15, 0.2) is 0 Å². The first-order chi connectivity index (χ1) is 10.9. The highest BCUT2D eigenvalue weighted by Gasteiger charge is 2.26. The van der Waals surface area contributed by atoms with E-state index in [-0.39, 0.29) is 11.4 Å². The van der Waals surface area contributed by atoms with E-state index in [0.29, 0.717) is 6.47 Å². The summed E-state index contributed by atoms with van der Waals surface area (Å²) in [6.45, 7) is 9.24. The van der Waals surface area contributed by atoms with Crippen LogP contribution in [-0.2, 0) is 4.79 Å². The van der Waals surface area contributed by atoms with E-state index in [2.05, 4.69) is 54.6 Å². The zero-order valence-electron chi connectivity index (χ0n) is 14.3. The molecule has 1 aromatic heterocycles. The van der Waals surface area contributed by atoms with Gasteiger partial charge in [-0.05, 0) is 50.2 Å². The van der Waals surface area contributed by atoms with Crippen LogP contribution in [0.4, 0.5) is 0 Å². The van der Waals surface area contributed by atoms with Crippen LogP contribution in [0.5, 0.6) is 6.01 Å². The Morgan fingerprint density at radius 1 is 1.30 bits per heavy atom. The molecule has 23 heavy (non-hydrogen) atoms. The lowest BCUT2D eigenvalue weighted by Crippen LogP contribution is -2.19. The maximum Gasteiger partial charge on any atom is 0.324 e. The second-order valence-electron chi connectivity index (χ2n) is 6.67. The maximum atomic E-state index is 10.2. The van der Waals surface area contributed by atoms with Crippen molar-refractivity contribution >= 4 is 12.5 Å². The number of rotatable bonds is 5. The molecule has 0 atom stereocenters. The van der Waals surface area contributed by atoms with Crippen LogP contribution in [0.15, 0.2) is 41.3 Å². The minimum atomic E-state index is 0.0649. The second-order valence-corrected chi connectivity index (χ2v) is 6.67. The third-order valence-corrected chi connectivity index (χ3v) is 4.25. The molecule has 1 aliphatic rings. The summed E-state index contributed by atoms with van der Waals surface area (Å²) in [5, 5.41) is 0. The summed E-state index contributed by atoms with van der Waals surface area (Å²) in [4.78, 5) is 18.2. The van der Waals surface area contributed by atoms with Crippen molar-refractivity contribution in [2.75, 3.05) is 0 Å². The first kappa shape index (κ1) is 17.1. The lowest BCUT2D eigenvalue weighted by molar-refractivity contribution is -0.121. The monoisotopic (exact) mass is 312 g/mol. The zero-order chi connectivity index (χ0) is 16.9. The van der Waals surface area contributed by atoms with Gasteiger partial charge in [-0.1, -0.05) is 37.1 Å². The van der Waals surface area contributed by atoms with Gasteiger partial charge >= 0.3 is 12.5 Å². The Morgan fingerprint density at radius 3 is 2.61 bits per heavy atom. The Morgan fingerprint density at radius 2 is 2.00 bits per heavy atom. The van der Waals surface area contributed by atoms with Crippen LogP contribution >= 0.6 is 0 Å². The smallest absolute Gasteiger partial charge is 0.324 e. The molecule has 0 spiro atoms. The minimum Gasteiger partial charge on any atom is -0.393 e. The largest absolute Gasteiger partial charge is 0.393 e. The van der Waals surface area contributed by atoms with E-state index in [4.69, 9.17) is 0 Å². The predicted molar refractivity (Wildman–Crippen MR) is 91.8 cm³/mol. The summed E-state index contributed by atoms with van der Waals surface area (Å²) in [6.07, 6.45) is 13.4. The SMILES string of the molecule is CC(C=CC1=C(C)CCCC1(C)C)=Cc1cnc(OC=O)nc1. The fraction of sp³-hybridized carbons (Fsp3) is 0.421. The normalized spacial score (nSPS) is 18.3. The predicted octanol–water partition coefficient (Wildman–Crippen LogP) is 4.50. The highest BCUT2D eigenvalue weighted by molar-refractivity contribution is 5.54. The summed E-state index contributed by atoms with van der Waals surface area (Å²) in [7, 11) is 0. The number of carbonyl (C=O) groups excluding carboxylic acids is 1. The molecule has 1 heterocycles. The molecule has 0 fully saturated rings. The first-order valence-corrected chi connectivity index (χ1v) is 7.91. The van der Waals surface area contributed by atoms with Crippen LogP contribution in [0.1, 0.15) is 52.5 Å². The fourth-order valence-electron chi connectivity index (χ4n) is 3.04. The Bertz CT molecular complexity index is 652. The number of carbonyl (C=O) groups is 1. The van der Waals surface area contributed by atoms with Crippen LogP contribution in [0.3, 0.4) is 0 Å². The number of aromatic nitrogens is 2. The summed E-state index contributed by atoms with van der Waals surface area (Å²) < 4.78 is 4.58. The van der Waals surface area contributed by atoms with Crippen molar-refractivity contribution in [2.24, 2.45) is 5.41 Å². The van der Waals surface area contributed by atoms with Gasteiger partial charge in [0.1, 0.15) is 0 Å². The molecule has 0 saturated heterocycles. The number of nitrogens with zero attached hydrogens (tertiary/aromatic N) is 2. The molecule has 0 saturated carbocycles. The van der Waals surface area contributed by atoms with Gasteiger partial charge < -0.3 is 4.74 Å². The molecule has 0 aromatic carbocycles. The molecule has 1 aromatic rings. The molecule has 0 unspecified atom stereocenters. The molecular weight excluding hydrogens is 288 g/mol. The van der Waals surface area contributed by atoms with E-state index in [1.807, 2.05) is 6.08 Å². The lowest BCUT2D eigenvalue weighted by atomic mass is 9.72. The van der Waals surface area contributed by atoms with Crippen LogP contribution in [0.25, 0.3) is 6.08 Å². The van der Waals surface area contributed by atoms with E-state index < -0.39 is 0 Å². The summed E-state index contributed by atoms with van der Waals surface area (Å²) >= 11 is 0. The van der Waals surface area contributed by atoms with Crippen LogP contribution in [0.2, 0.25) is 0 Å². The number of ether oxygens (including phenoxy) is 1. The van der Waals surface area contributed by atoms with Crippen molar-refractivity contribution in [2.45, 2.75) is 47.0 Å². The van der Waals surface area contributed by atoms with Crippen LogP contribution < -0.4 is 4.74 Å². The van der Waals surface area contributed by atoms with Gasteiger partial charge in [-0.25, -0.2) is 9.97 Å². The second kappa shape index (κ2) is 7.36. The van der Waals surface area contributed by atoms with E-state index in [0.717, 1.165) is 11.1 Å². The summed E-state index contributed by atoms with van der Waals surface area (Å²) in [5.74, 6) is 0. The third-order valence-electron chi connectivity index (χ3n) is 4.25. The topological polar surface area (TPSA) is 52.1 Å². The van der Waals surface area contributed by atoms with Crippen molar-refractivity contribution < 1.29 is 9.53 Å². The van der Waals surface area contributed by atoms with Gasteiger partial charge in [-0.15, -0.1) is 0 Å². The van der Waals surface area contributed by atoms with Crippen molar-refractivity contribution in [3.8, 4) is 6.01 Å². The minimum absolute atomic E-state index is 0.0649. The molecule has 0 amide bonds. The average Bonchev–Trinajstić information content (AvgIpc) is 2.48. The van der Waals surface area contributed by atoms with Gasteiger partial charge in [-0.2, -0.15) is 0 Å². The fourth-order valence-corrected chi connectivity index (χ4v) is 3.04. The van der Waals surface area contributed by atoms with Gasteiger partial charge in [0, 0.05) is 18.0 Å². The Labute approximate surface area is 138 Å². The highest BCUT2D eigenvalue weighted by atomic mass is 16.5. The van der Waals surface area contributed by atoms with E-state index >= 15 is 0 Å². The quantitative estimate of drug-likeness (QED) is 0.593. The highest BCUT2D eigenvalue weighted by Crippen LogP contribution is 2.40. The first-order valence-electron chi connectivity index (χ1n) is 7.91. The van der Waals surface area contributed by atoms with Crippen molar-refractivity contribution in [3.63, 3.8) is 0 Å². The summed E-state index contributed by atoms with van der Waals surface area (Å²) in [6, 6.07) is 0.0649. The molecule has 2 rings (SSSR count). The number of allylic oxidation sites excluding steroid dienone is 5. The third kappa shape index (κ3) is 4.62. The molecule has 0 bridgehead atoms. The zero-order valence-corrected chi connectivity index (χ0v) is 14.3. The van der Waals surface area contributed by atoms with E-state index in [1.165, 1.54) is 30.4 Å². The van der Waals surface area contributed by atoms with Gasteiger partial charge in [0.2, 0.25) is 0 Å². The molecule has 122 valence electrons. The van der Waals surface area contributed by atoms with Crippen LogP contribution in [0, 0.1) is 5.41 Å². The molecule has 0 aliphatic heterocycles. The molecule has 1 aliphatic carbocycles. The van der Waals surface area contributed by atoms with Crippen molar-refractivity contribution in [1.82, 2.24) is 9.97 Å². The molecule has 0 N–H and O–H groups in total. The Hall–Kier alpha value is -2.23.